The number of nitrogens with zero attached hydrogens (tertiary/aromatic N) is 2. The van der Waals surface area contributed by atoms with E-state index in [1.165, 1.54) is 10.9 Å². The van der Waals surface area contributed by atoms with Gasteiger partial charge in [0.2, 0.25) is 5.91 Å². The molecular formula is C24H24N2OS. The summed E-state index contributed by atoms with van der Waals surface area (Å²) in [6.07, 6.45) is 1.33. The Kier molecular flexibility index (Phi) is 5.49. The van der Waals surface area contributed by atoms with Crippen LogP contribution in [0.25, 0.3) is 10.8 Å². The molecule has 1 amide bonds. The van der Waals surface area contributed by atoms with Crippen LogP contribution in [0.2, 0.25) is 0 Å². The van der Waals surface area contributed by atoms with E-state index in [1.54, 1.807) is 11.8 Å². The lowest BCUT2D eigenvalue weighted by molar-refractivity contribution is -0.127. The third-order valence-corrected chi connectivity index (χ3v) is 6.26. The summed E-state index contributed by atoms with van der Waals surface area (Å²) in [5.41, 5.74) is 3.15. The number of carbonyl (C=O) groups excluding carboxylic acids is 1. The van der Waals surface area contributed by atoms with Crippen molar-refractivity contribution in [3.05, 3.63) is 77.9 Å². The number of aliphatic imine (C=N–C) groups is 1. The van der Waals surface area contributed by atoms with Crippen molar-refractivity contribution in [1.29, 1.82) is 0 Å². The van der Waals surface area contributed by atoms with Crippen LogP contribution >= 0.6 is 11.8 Å². The minimum Gasteiger partial charge on any atom is -0.287 e. The number of hydrogen-bond acceptors (Lipinski definition) is 3. The van der Waals surface area contributed by atoms with Gasteiger partial charge in [0.25, 0.3) is 0 Å². The Morgan fingerprint density at radius 2 is 1.89 bits per heavy atom. The zero-order valence-corrected chi connectivity index (χ0v) is 17.1. The topological polar surface area (TPSA) is 32.7 Å². The quantitative estimate of drug-likeness (QED) is 0.571. The fraction of sp³-hybridized carbons (Fsp3) is 0.250. The van der Waals surface area contributed by atoms with Gasteiger partial charge in [0, 0.05) is 11.8 Å². The molecule has 4 heteroatoms. The molecule has 0 N–H and O–H groups in total. The predicted octanol–water partition coefficient (Wildman–Crippen LogP) is 5.73. The first kappa shape index (κ1) is 18.8. The van der Waals surface area contributed by atoms with E-state index in [0.717, 1.165) is 34.0 Å². The fourth-order valence-electron chi connectivity index (χ4n) is 3.67. The summed E-state index contributed by atoms with van der Waals surface area (Å²) in [4.78, 5) is 20.1. The van der Waals surface area contributed by atoms with Gasteiger partial charge in [0.05, 0.1) is 12.1 Å². The van der Waals surface area contributed by atoms with Crippen LogP contribution in [0, 0.1) is 6.92 Å². The zero-order valence-electron chi connectivity index (χ0n) is 16.3. The second-order valence-corrected chi connectivity index (χ2v) is 8.17. The van der Waals surface area contributed by atoms with Gasteiger partial charge in [-0.15, -0.1) is 0 Å². The Morgan fingerprint density at radius 3 is 2.71 bits per heavy atom. The van der Waals surface area contributed by atoms with Crippen molar-refractivity contribution in [2.45, 2.75) is 32.7 Å². The third kappa shape index (κ3) is 3.83. The van der Waals surface area contributed by atoms with Crippen LogP contribution < -0.4 is 0 Å². The second kappa shape index (κ2) is 8.19. The van der Waals surface area contributed by atoms with Crippen molar-refractivity contribution in [1.82, 2.24) is 4.90 Å². The minimum atomic E-state index is 0.125. The Balaban J connectivity index is 1.65. The molecule has 28 heavy (non-hydrogen) atoms. The number of benzene rings is 3. The van der Waals surface area contributed by atoms with Gasteiger partial charge in [-0.3, -0.25) is 9.69 Å². The minimum absolute atomic E-state index is 0.125. The molecule has 1 aliphatic rings. The van der Waals surface area contributed by atoms with Gasteiger partial charge in [-0.25, -0.2) is 4.99 Å². The molecule has 3 aromatic carbocycles. The molecule has 0 saturated carbocycles. The normalized spacial score (nSPS) is 18.1. The average Bonchev–Trinajstić information content (AvgIpc) is 3.11. The average molecular weight is 389 g/mol. The van der Waals surface area contributed by atoms with Crippen LogP contribution in [0.4, 0.5) is 5.69 Å². The number of fused-ring (bicyclic) bond motifs is 1. The number of amidine groups is 1. The van der Waals surface area contributed by atoms with Crippen LogP contribution in [-0.2, 0) is 11.2 Å². The van der Waals surface area contributed by atoms with Crippen molar-refractivity contribution in [3.63, 3.8) is 0 Å². The molecule has 1 fully saturated rings. The summed E-state index contributed by atoms with van der Waals surface area (Å²) in [6, 6.07) is 22.7. The number of amides is 1. The monoisotopic (exact) mass is 388 g/mol. The molecule has 1 saturated heterocycles. The first-order valence-electron chi connectivity index (χ1n) is 9.72. The summed E-state index contributed by atoms with van der Waals surface area (Å²) in [6.45, 7) is 4.20. The van der Waals surface area contributed by atoms with E-state index in [-0.39, 0.29) is 11.9 Å². The summed E-state index contributed by atoms with van der Waals surface area (Å²) in [5.74, 6) is 1.03. The number of thioether (sulfide) groups is 1. The van der Waals surface area contributed by atoms with Gasteiger partial charge >= 0.3 is 0 Å². The molecule has 3 nitrogen and oxygen atoms in total. The number of carbonyl (C=O) groups is 1. The molecule has 0 radical (unpaired) electrons. The maximum Gasteiger partial charge on any atom is 0.233 e. The smallest absolute Gasteiger partial charge is 0.233 e. The lowest BCUT2D eigenvalue weighted by atomic mass is 10.0. The third-order valence-electron chi connectivity index (χ3n) is 5.16. The Hall–Kier alpha value is -2.59. The fourth-order valence-corrected chi connectivity index (χ4v) is 4.96. The number of aryl methyl sites for hydroxylation is 1. The second-order valence-electron chi connectivity index (χ2n) is 7.19. The van der Waals surface area contributed by atoms with E-state index in [4.69, 9.17) is 4.99 Å². The molecule has 1 aliphatic heterocycles. The van der Waals surface area contributed by atoms with Crippen LogP contribution in [0.3, 0.4) is 0 Å². The summed E-state index contributed by atoms with van der Waals surface area (Å²) >= 11 is 1.68. The summed E-state index contributed by atoms with van der Waals surface area (Å²) in [7, 11) is 0. The van der Waals surface area contributed by atoms with Gasteiger partial charge in [0.15, 0.2) is 5.17 Å². The molecule has 0 spiro atoms. The highest BCUT2D eigenvalue weighted by atomic mass is 32.2. The Bertz CT molecular complexity index is 1040. The van der Waals surface area contributed by atoms with Crippen molar-refractivity contribution in [2.75, 3.05) is 5.75 Å². The maximum absolute atomic E-state index is 13.3. The standard InChI is InChI=1S/C24H24N2OS/c1-3-21-16-28-24(25-20-12-6-8-17(2)14-20)26(21)23(27)15-19-11-7-10-18-9-4-5-13-22(18)19/h4-14,21H,3,15-16H2,1-2H3/t21-/m0/s1. The van der Waals surface area contributed by atoms with E-state index in [2.05, 4.69) is 50.2 Å². The van der Waals surface area contributed by atoms with E-state index in [9.17, 15) is 4.79 Å². The molecule has 142 valence electrons. The highest BCUT2D eigenvalue weighted by Crippen LogP contribution is 2.30. The summed E-state index contributed by atoms with van der Waals surface area (Å²) in [5, 5.41) is 3.14. The van der Waals surface area contributed by atoms with Crippen LogP contribution in [0.1, 0.15) is 24.5 Å². The maximum atomic E-state index is 13.3. The van der Waals surface area contributed by atoms with Gasteiger partial charge in [0.1, 0.15) is 0 Å². The van der Waals surface area contributed by atoms with Gasteiger partial charge < -0.3 is 0 Å². The molecule has 0 unspecified atom stereocenters. The predicted molar refractivity (Wildman–Crippen MR) is 119 cm³/mol. The highest BCUT2D eigenvalue weighted by Gasteiger charge is 2.34. The SMILES string of the molecule is CC[C@H]1CSC(=Nc2cccc(C)c2)N1C(=O)Cc1cccc2ccccc12. The molecule has 1 atom stereocenters. The van der Waals surface area contributed by atoms with Gasteiger partial charge in [-0.05, 0) is 47.4 Å². The number of rotatable bonds is 4. The van der Waals surface area contributed by atoms with Gasteiger partial charge in [-0.2, -0.15) is 0 Å². The first-order chi connectivity index (χ1) is 13.7. The largest absolute Gasteiger partial charge is 0.287 e. The van der Waals surface area contributed by atoms with Crippen LogP contribution in [-0.4, -0.2) is 27.8 Å². The molecule has 1 heterocycles. The molecule has 4 rings (SSSR count). The van der Waals surface area contributed by atoms with Crippen molar-refractivity contribution >= 4 is 39.3 Å². The molecule has 0 aromatic heterocycles. The van der Waals surface area contributed by atoms with E-state index in [1.807, 2.05) is 35.2 Å². The van der Waals surface area contributed by atoms with Crippen molar-refractivity contribution in [2.24, 2.45) is 4.99 Å². The summed E-state index contributed by atoms with van der Waals surface area (Å²) < 4.78 is 0. The number of hydrogen-bond donors (Lipinski definition) is 0. The van der Waals surface area contributed by atoms with E-state index >= 15 is 0 Å². The van der Waals surface area contributed by atoms with Crippen molar-refractivity contribution < 1.29 is 4.79 Å². The lowest BCUT2D eigenvalue weighted by Gasteiger charge is -2.23. The lowest BCUT2D eigenvalue weighted by Crippen LogP contribution is -2.39. The van der Waals surface area contributed by atoms with Crippen LogP contribution in [0.5, 0.6) is 0 Å². The Labute approximate surface area is 170 Å². The molecule has 3 aromatic rings. The molecule has 0 aliphatic carbocycles. The first-order valence-corrected chi connectivity index (χ1v) is 10.7. The van der Waals surface area contributed by atoms with Crippen LogP contribution in [0.15, 0.2) is 71.7 Å². The van der Waals surface area contributed by atoms with E-state index < -0.39 is 0 Å². The van der Waals surface area contributed by atoms with Gasteiger partial charge in [-0.1, -0.05) is 73.3 Å². The molecule has 0 bridgehead atoms. The van der Waals surface area contributed by atoms with Crippen molar-refractivity contribution in [3.8, 4) is 0 Å². The highest BCUT2D eigenvalue weighted by molar-refractivity contribution is 8.14. The molecular weight excluding hydrogens is 364 g/mol. The van der Waals surface area contributed by atoms with E-state index in [0.29, 0.717) is 6.42 Å². The zero-order chi connectivity index (χ0) is 19.5. The Morgan fingerprint density at radius 1 is 1.11 bits per heavy atom.